The van der Waals surface area contributed by atoms with Crippen molar-refractivity contribution in [3.05, 3.63) is 0 Å². The van der Waals surface area contributed by atoms with Crippen LogP contribution in [0.4, 0.5) is 0 Å². The summed E-state index contributed by atoms with van der Waals surface area (Å²) in [6.45, 7) is 4.37. The van der Waals surface area contributed by atoms with E-state index in [9.17, 15) is 5.11 Å². The van der Waals surface area contributed by atoms with Gasteiger partial charge in [0.05, 0.1) is 18.8 Å². The zero-order valence-corrected chi connectivity index (χ0v) is 7.03. The highest BCUT2D eigenvalue weighted by atomic mass is 16.5. The molecule has 2 N–H and O–H groups in total. The molecule has 0 spiro atoms. The normalized spacial score (nSPS) is 39.5. The van der Waals surface area contributed by atoms with Gasteiger partial charge in [-0.15, -0.1) is 0 Å². The maximum atomic E-state index is 9.27. The Morgan fingerprint density at radius 3 is 2.36 bits per heavy atom. The minimum Gasteiger partial charge on any atom is -0.390 e. The summed E-state index contributed by atoms with van der Waals surface area (Å²) in [5, 5.41) is 18.4. The topological polar surface area (TPSA) is 49.7 Å². The lowest BCUT2D eigenvalue weighted by Gasteiger charge is -2.32. The fraction of sp³-hybridized carbons (Fsp3) is 1.00. The highest BCUT2D eigenvalue weighted by molar-refractivity contribution is 4.78. The summed E-state index contributed by atoms with van der Waals surface area (Å²) in [7, 11) is 0. The Morgan fingerprint density at radius 1 is 1.27 bits per heavy atom. The molecule has 0 saturated carbocycles. The van der Waals surface area contributed by atoms with Crippen LogP contribution in [0, 0.1) is 5.92 Å². The van der Waals surface area contributed by atoms with Crippen LogP contribution in [0.5, 0.6) is 0 Å². The molecule has 0 aromatic heterocycles. The summed E-state index contributed by atoms with van der Waals surface area (Å²) in [5.74, 6) is 0.414. The molecule has 1 fully saturated rings. The lowest BCUT2D eigenvalue weighted by Crippen LogP contribution is -2.42. The van der Waals surface area contributed by atoms with Crippen molar-refractivity contribution in [1.82, 2.24) is 0 Å². The second-order valence-corrected chi connectivity index (χ2v) is 3.49. The van der Waals surface area contributed by atoms with Gasteiger partial charge in [-0.1, -0.05) is 13.8 Å². The van der Waals surface area contributed by atoms with Crippen LogP contribution in [0.15, 0.2) is 0 Å². The fourth-order valence-electron chi connectivity index (χ4n) is 1.26. The second kappa shape index (κ2) is 3.52. The predicted molar refractivity (Wildman–Crippen MR) is 41.2 cm³/mol. The van der Waals surface area contributed by atoms with Crippen molar-refractivity contribution in [2.75, 3.05) is 6.61 Å². The van der Waals surface area contributed by atoms with E-state index in [4.69, 9.17) is 9.84 Å². The summed E-state index contributed by atoms with van der Waals surface area (Å²) in [4.78, 5) is 0. The first-order valence-corrected chi connectivity index (χ1v) is 4.09. The lowest BCUT2D eigenvalue weighted by atomic mass is 9.96. The van der Waals surface area contributed by atoms with Crippen LogP contribution in [-0.2, 0) is 4.74 Å². The van der Waals surface area contributed by atoms with Crippen LogP contribution in [0.2, 0.25) is 0 Å². The number of hydrogen-bond donors (Lipinski definition) is 2. The van der Waals surface area contributed by atoms with Crippen LogP contribution in [0.25, 0.3) is 0 Å². The Balaban J connectivity index is 2.40. The molecule has 3 nitrogen and oxygen atoms in total. The van der Waals surface area contributed by atoms with Gasteiger partial charge in [0, 0.05) is 6.42 Å². The standard InChI is InChI=1S/C8H16O3/c1-5(2)8-3-6(9)7(10)4-11-8/h5-10H,3-4H2,1-2H3. The number of ether oxygens (including phenoxy) is 1. The van der Waals surface area contributed by atoms with E-state index in [1.165, 1.54) is 0 Å². The molecular weight excluding hydrogens is 144 g/mol. The molecule has 1 rings (SSSR count). The third kappa shape index (κ3) is 2.15. The van der Waals surface area contributed by atoms with Crippen molar-refractivity contribution in [2.45, 2.75) is 38.6 Å². The van der Waals surface area contributed by atoms with E-state index >= 15 is 0 Å². The van der Waals surface area contributed by atoms with E-state index in [0.29, 0.717) is 12.3 Å². The highest BCUT2D eigenvalue weighted by Crippen LogP contribution is 2.20. The first-order valence-electron chi connectivity index (χ1n) is 4.09. The molecule has 3 unspecified atom stereocenters. The summed E-state index contributed by atoms with van der Waals surface area (Å²) >= 11 is 0. The van der Waals surface area contributed by atoms with Gasteiger partial charge in [-0.2, -0.15) is 0 Å². The number of rotatable bonds is 1. The summed E-state index contributed by atoms with van der Waals surface area (Å²) < 4.78 is 5.31. The molecule has 1 heterocycles. The zero-order chi connectivity index (χ0) is 8.43. The van der Waals surface area contributed by atoms with E-state index in [1.54, 1.807) is 0 Å². The summed E-state index contributed by atoms with van der Waals surface area (Å²) in [5.41, 5.74) is 0. The van der Waals surface area contributed by atoms with Crippen LogP contribution in [-0.4, -0.2) is 35.1 Å². The Morgan fingerprint density at radius 2 is 1.91 bits per heavy atom. The third-order valence-corrected chi connectivity index (χ3v) is 2.14. The van der Waals surface area contributed by atoms with Gasteiger partial charge in [0.2, 0.25) is 0 Å². The van der Waals surface area contributed by atoms with Crippen molar-refractivity contribution in [3.8, 4) is 0 Å². The number of aliphatic hydroxyl groups is 2. The van der Waals surface area contributed by atoms with E-state index < -0.39 is 12.2 Å². The van der Waals surface area contributed by atoms with Gasteiger partial charge in [0.25, 0.3) is 0 Å². The average molecular weight is 160 g/mol. The Kier molecular flexibility index (Phi) is 2.87. The minimum absolute atomic E-state index is 0.105. The molecule has 0 bridgehead atoms. The predicted octanol–water partition coefficient (Wildman–Crippen LogP) is 0.153. The lowest BCUT2D eigenvalue weighted by molar-refractivity contribution is -0.132. The molecule has 1 aliphatic rings. The second-order valence-electron chi connectivity index (χ2n) is 3.49. The van der Waals surface area contributed by atoms with Crippen molar-refractivity contribution < 1.29 is 14.9 Å². The Bertz CT molecular complexity index is 125. The van der Waals surface area contributed by atoms with Crippen molar-refractivity contribution in [2.24, 2.45) is 5.92 Å². The highest BCUT2D eigenvalue weighted by Gasteiger charge is 2.29. The van der Waals surface area contributed by atoms with Gasteiger partial charge in [-0.25, -0.2) is 0 Å². The molecule has 3 heteroatoms. The van der Waals surface area contributed by atoms with Crippen LogP contribution < -0.4 is 0 Å². The first kappa shape index (κ1) is 8.97. The maximum absolute atomic E-state index is 9.27. The molecule has 0 aliphatic carbocycles. The van der Waals surface area contributed by atoms with Crippen LogP contribution in [0.3, 0.4) is 0 Å². The molecule has 3 atom stereocenters. The molecule has 0 aromatic carbocycles. The minimum atomic E-state index is -0.690. The average Bonchev–Trinajstić information content (AvgIpc) is 1.94. The molecule has 66 valence electrons. The van der Waals surface area contributed by atoms with Crippen molar-refractivity contribution in [3.63, 3.8) is 0 Å². The van der Waals surface area contributed by atoms with Gasteiger partial charge in [0.15, 0.2) is 0 Å². The largest absolute Gasteiger partial charge is 0.390 e. The zero-order valence-electron chi connectivity index (χ0n) is 7.03. The summed E-state index contributed by atoms with van der Waals surface area (Å²) in [6, 6.07) is 0. The molecular formula is C8H16O3. The molecule has 0 aromatic rings. The molecule has 11 heavy (non-hydrogen) atoms. The van der Waals surface area contributed by atoms with Crippen LogP contribution in [0.1, 0.15) is 20.3 Å². The van der Waals surface area contributed by atoms with Gasteiger partial charge < -0.3 is 14.9 Å². The molecule has 1 saturated heterocycles. The van der Waals surface area contributed by atoms with E-state index in [0.717, 1.165) is 0 Å². The Hall–Kier alpha value is -0.120. The van der Waals surface area contributed by atoms with Crippen LogP contribution >= 0.6 is 0 Å². The third-order valence-electron chi connectivity index (χ3n) is 2.14. The number of aliphatic hydroxyl groups excluding tert-OH is 2. The quantitative estimate of drug-likeness (QED) is 0.574. The molecule has 1 aliphatic heterocycles. The van der Waals surface area contributed by atoms with Crippen molar-refractivity contribution in [1.29, 1.82) is 0 Å². The summed E-state index contributed by atoms with van der Waals surface area (Å²) in [6.07, 6.45) is -0.631. The van der Waals surface area contributed by atoms with Gasteiger partial charge in [0.1, 0.15) is 6.10 Å². The van der Waals surface area contributed by atoms with E-state index in [1.807, 2.05) is 0 Å². The maximum Gasteiger partial charge on any atom is 0.103 e. The van der Waals surface area contributed by atoms with E-state index in [-0.39, 0.29) is 12.7 Å². The Labute approximate surface area is 67.0 Å². The fourth-order valence-corrected chi connectivity index (χ4v) is 1.26. The van der Waals surface area contributed by atoms with Gasteiger partial charge >= 0.3 is 0 Å². The smallest absolute Gasteiger partial charge is 0.103 e. The van der Waals surface area contributed by atoms with Gasteiger partial charge in [-0.3, -0.25) is 0 Å². The SMILES string of the molecule is CC(C)C1CC(O)C(O)CO1. The number of hydrogen-bond acceptors (Lipinski definition) is 3. The molecule has 0 amide bonds. The van der Waals surface area contributed by atoms with E-state index in [2.05, 4.69) is 13.8 Å². The molecule has 0 radical (unpaired) electrons. The first-order chi connectivity index (χ1) is 5.11. The van der Waals surface area contributed by atoms with Crippen molar-refractivity contribution >= 4 is 0 Å². The monoisotopic (exact) mass is 160 g/mol. The van der Waals surface area contributed by atoms with Gasteiger partial charge in [-0.05, 0) is 5.92 Å².